The molecule has 0 saturated carbocycles. The molecule has 1 aliphatic heterocycles. The van der Waals surface area contributed by atoms with Crippen LogP contribution in [0.3, 0.4) is 0 Å². The van der Waals surface area contributed by atoms with Crippen molar-refractivity contribution < 1.29 is 33.2 Å². The first kappa shape index (κ1) is 25.2. The first-order chi connectivity index (χ1) is 15.7. The van der Waals surface area contributed by atoms with E-state index in [0.29, 0.717) is 12.1 Å². The molecule has 0 spiro atoms. The van der Waals surface area contributed by atoms with Crippen LogP contribution in [0.25, 0.3) is 5.70 Å². The van der Waals surface area contributed by atoms with Crippen LogP contribution in [0.1, 0.15) is 16.7 Å². The van der Waals surface area contributed by atoms with Crippen molar-refractivity contribution >= 4 is 17.5 Å². The standard InChI is InChI=1S/C22H24F3N3O4S/c1-10-3-4-13(5-11(10)2)33-22-21(31)19(20(30)17(9-29)32-22)27-8-16(28-26)12-6-14(23)18(25)15(24)7-12/h3-8,17,19-22,26-27,29-31H,9H2,1-2H3/b16-8-,28-26?/t17?,19?,20-,21?,22+/m0/s1. The van der Waals surface area contributed by atoms with Gasteiger partial charge in [-0.25, -0.2) is 18.7 Å². The topological polar surface area (TPSA) is 118 Å². The van der Waals surface area contributed by atoms with Crippen LogP contribution in [0.5, 0.6) is 0 Å². The minimum atomic E-state index is -1.65. The van der Waals surface area contributed by atoms with Crippen LogP contribution >= 0.6 is 11.8 Å². The number of benzene rings is 2. The normalized spacial score (nSPS) is 25.7. The molecular weight excluding hydrogens is 459 g/mol. The smallest absolute Gasteiger partial charge is 0.194 e. The Balaban J connectivity index is 1.84. The van der Waals surface area contributed by atoms with Crippen LogP contribution in [0.15, 0.2) is 46.5 Å². The van der Waals surface area contributed by atoms with Gasteiger partial charge in [0.25, 0.3) is 0 Å². The maximum absolute atomic E-state index is 13.6. The van der Waals surface area contributed by atoms with Crippen molar-refractivity contribution in [1.29, 1.82) is 5.53 Å². The van der Waals surface area contributed by atoms with Gasteiger partial charge in [-0.3, -0.25) is 0 Å². The van der Waals surface area contributed by atoms with Crippen molar-refractivity contribution in [2.45, 2.75) is 48.5 Å². The monoisotopic (exact) mass is 483 g/mol. The van der Waals surface area contributed by atoms with E-state index in [0.717, 1.165) is 22.2 Å². The Kier molecular flexibility index (Phi) is 8.14. The summed E-state index contributed by atoms with van der Waals surface area (Å²) < 4.78 is 46.1. The van der Waals surface area contributed by atoms with Gasteiger partial charge in [0.15, 0.2) is 17.5 Å². The second-order valence-electron chi connectivity index (χ2n) is 7.66. The molecule has 178 valence electrons. The predicted octanol–water partition coefficient (Wildman–Crippen LogP) is 3.24. The molecule has 0 amide bonds. The number of halogens is 3. The van der Waals surface area contributed by atoms with Gasteiger partial charge in [-0.1, -0.05) is 17.8 Å². The fourth-order valence-corrected chi connectivity index (χ4v) is 4.53. The van der Waals surface area contributed by atoms with Crippen molar-refractivity contribution in [2.24, 2.45) is 5.11 Å². The molecule has 3 rings (SSSR count). The van der Waals surface area contributed by atoms with Crippen molar-refractivity contribution in [3.05, 3.63) is 70.7 Å². The summed E-state index contributed by atoms with van der Waals surface area (Å²) >= 11 is 1.21. The summed E-state index contributed by atoms with van der Waals surface area (Å²) in [5.74, 6) is -4.55. The second-order valence-corrected chi connectivity index (χ2v) is 8.83. The number of ether oxygens (including phenoxy) is 1. The van der Waals surface area contributed by atoms with Gasteiger partial charge in [-0.05, 0) is 49.2 Å². The Morgan fingerprint density at radius 1 is 1.12 bits per heavy atom. The Morgan fingerprint density at radius 2 is 1.79 bits per heavy atom. The summed E-state index contributed by atoms with van der Waals surface area (Å²) in [6.07, 6.45) is -2.58. The van der Waals surface area contributed by atoms with E-state index in [9.17, 15) is 28.5 Å². The highest BCUT2D eigenvalue weighted by Crippen LogP contribution is 2.34. The van der Waals surface area contributed by atoms with Gasteiger partial charge < -0.3 is 25.4 Å². The van der Waals surface area contributed by atoms with E-state index in [2.05, 4.69) is 10.4 Å². The molecule has 0 radical (unpaired) electrons. The van der Waals surface area contributed by atoms with Gasteiger partial charge >= 0.3 is 0 Å². The summed E-state index contributed by atoms with van der Waals surface area (Å²) in [6.45, 7) is 3.39. The molecule has 33 heavy (non-hydrogen) atoms. The number of aryl methyl sites for hydroxylation is 2. The number of hydrogen-bond acceptors (Lipinski definition) is 8. The Morgan fingerprint density at radius 3 is 2.36 bits per heavy atom. The van der Waals surface area contributed by atoms with E-state index in [1.165, 1.54) is 11.8 Å². The molecule has 0 aromatic heterocycles. The lowest BCUT2D eigenvalue weighted by Crippen LogP contribution is -2.61. The van der Waals surface area contributed by atoms with E-state index in [4.69, 9.17) is 10.3 Å². The minimum Gasteiger partial charge on any atom is -0.394 e. The number of nitrogens with one attached hydrogen (secondary N) is 2. The average Bonchev–Trinajstić information content (AvgIpc) is 2.78. The zero-order valence-electron chi connectivity index (χ0n) is 17.8. The number of aliphatic hydroxyl groups is 3. The summed E-state index contributed by atoms with van der Waals surface area (Å²) in [6, 6.07) is 5.98. The van der Waals surface area contributed by atoms with E-state index < -0.39 is 53.8 Å². The van der Waals surface area contributed by atoms with Crippen LogP contribution in [0, 0.1) is 36.8 Å². The predicted molar refractivity (Wildman–Crippen MR) is 116 cm³/mol. The molecule has 5 N–H and O–H groups in total. The molecule has 3 unspecified atom stereocenters. The molecule has 7 nitrogen and oxygen atoms in total. The molecule has 1 fully saturated rings. The Hall–Kier alpha value is -2.44. The molecule has 0 bridgehead atoms. The van der Waals surface area contributed by atoms with E-state index in [-0.39, 0.29) is 11.3 Å². The van der Waals surface area contributed by atoms with Crippen molar-refractivity contribution in [3.8, 4) is 0 Å². The molecule has 1 saturated heterocycles. The first-order valence-corrected chi connectivity index (χ1v) is 10.9. The van der Waals surface area contributed by atoms with E-state index in [1.807, 2.05) is 32.0 Å². The molecule has 1 aliphatic rings. The fourth-order valence-electron chi connectivity index (χ4n) is 3.36. The molecular formula is C22H24F3N3O4S. The highest BCUT2D eigenvalue weighted by atomic mass is 32.2. The van der Waals surface area contributed by atoms with Crippen molar-refractivity contribution in [2.75, 3.05) is 6.61 Å². The summed E-state index contributed by atoms with van der Waals surface area (Å²) in [5.41, 5.74) is 8.09. The number of nitrogens with zero attached hydrogens (tertiary/aromatic N) is 1. The maximum atomic E-state index is 13.6. The second kappa shape index (κ2) is 10.7. The van der Waals surface area contributed by atoms with Gasteiger partial charge in [-0.15, -0.1) is 0 Å². The number of thioether (sulfide) groups is 1. The fraction of sp³-hybridized carbons (Fsp3) is 0.364. The highest BCUT2D eigenvalue weighted by molar-refractivity contribution is 7.99. The summed E-state index contributed by atoms with van der Waals surface area (Å²) in [7, 11) is 0. The first-order valence-electron chi connectivity index (χ1n) is 10.0. The quantitative estimate of drug-likeness (QED) is 0.305. The minimum absolute atomic E-state index is 0.218. The number of hydrogen-bond donors (Lipinski definition) is 5. The summed E-state index contributed by atoms with van der Waals surface area (Å²) in [5, 5.41) is 36.9. The Bertz CT molecular complexity index is 1030. The van der Waals surface area contributed by atoms with Gasteiger partial charge in [0.1, 0.15) is 29.4 Å². The molecule has 2 aromatic rings. The molecule has 1 heterocycles. The van der Waals surface area contributed by atoms with Crippen LogP contribution in [0.4, 0.5) is 13.2 Å². The van der Waals surface area contributed by atoms with Crippen LogP contribution in [0.2, 0.25) is 0 Å². The number of aliphatic hydroxyl groups excluding tert-OH is 3. The number of rotatable bonds is 7. The van der Waals surface area contributed by atoms with Gasteiger partial charge in [0.2, 0.25) is 0 Å². The highest BCUT2D eigenvalue weighted by Gasteiger charge is 2.44. The lowest BCUT2D eigenvalue weighted by Gasteiger charge is -2.42. The molecule has 0 aliphatic carbocycles. The van der Waals surface area contributed by atoms with Crippen LogP contribution < -0.4 is 5.32 Å². The SMILES string of the molecule is Cc1ccc(S[C@H]2OC(CO)[C@H](O)C(N/C=C(\N=N)c3cc(F)c(F)c(F)c3)C2O)cc1C. The third-order valence-corrected chi connectivity index (χ3v) is 6.58. The van der Waals surface area contributed by atoms with E-state index >= 15 is 0 Å². The van der Waals surface area contributed by atoms with Crippen LogP contribution in [-0.4, -0.2) is 51.7 Å². The third-order valence-electron chi connectivity index (χ3n) is 5.43. The van der Waals surface area contributed by atoms with E-state index in [1.54, 1.807) is 0 Å². The zero-order valence-corrected chi connectivity index (χ0v) is 18.6. The lowest BCUT2D eigenvalue weighted by molar-refractivity contribution is -0.164. The summed E-state index contributed by atoms with van der Waals surface area (Å²) in [4.78, 5) is 0.809. The molecule has 5 atom stereocenters. The van der Waals surface area contributed by atoms with Crippen LogP contribution in [-0.2, 0) is 4.74 Å². The van der Waals surface area contributed by atoms with Crippen molar-refractivity contribution in [3.63, 3.8) is 0 Å². The van der Waals surface area contributed by atoms with Gasteiger partial charge in [-0.2, -0.15) is 5.11 Å². The maximum Gasteiger partial charge on any atom is 0.194 e. The molecule has 2 aromatic carbocycles. The molecule has 11 heteroatoms. The lowest BCUT2D eigenvalue weighted by atomic mass is 9.97. The largest absolute Gasteiger partial charge is 0.394 e. The third kappa shape index (κ3) is 5.56. The van der Waals surface area contributed by atoms with Crippen molar-refractivity contribution in [1.82, 2.24) is 5.32 Å². The Labute approximate surface area is 192 Å². The zero-order chi connectivity index (χ0) is 24.3. The average molecular weight is 484 g/mol. The van der Waals surface area contributed by atoms with Gasteiger partial charge in [0, 0.05) is 16.7 Å². The van der Waals surface area contributed by atoms with Gasteiger partial charge in [0.05, 0.1) is 12.6 Å².